The normalized spacial score (nSPS) is 22.9. The lowest BCUT2D eigenvalue weighted by molar-refractivity contribution is 0.00619. The fourth-order valence-electron chi connectivity index (χ4n) is 3.29. The highest BCUT2D eigenvalue weighted by atomic mass is 16.3. The van der Waals surface area contributed by atoms with Gasteiger partial charge in [-0.2, -0.15) is 0 Å². The monoisotopic (exact) mass is 299 g/mol. The third-order valence-electron chi connectivity index (χ3n) is 4.55. The van der Waals surface area contributed by atoms with Crippen LogP contribution >= 0.6 is 0 Å². The van der Waals surface area contributed by atoms with Crippen LogP contribution in [0.1, 0.15) is 29.7 Å². The van der Waals surface area contributed by atoms with Crippen LogP contribution in [-0.4, -0.2) is 38.2 Å². The van der Waals surface area contributed by atoms with Crippen molar-refractivity contribution < 1.29 is 5.11 Å². The summed E-state index contributed by atoms with van der Waals surface area (Å²) in [6.45, 7) is 3.95. The van der Waals surface area contributed by atoms with Gasteiger partial charge < -0.3 is 9.67 Å². The predicted molar refractivity (Wildman–Crippen MR) is 87.5 cm³/mol. The molecule has 1 fully saturated rings. The average Bonchev–Trinajstić information content (AvgIpc) is 2.90. The van der Waals surface area contributed by atoms with E-state index in [0.717, 1.165) is 38.0 Å². The summed E-state index contributed by atoms with van der Waals surface area (Å²) in [4.78, 5) is 6.81. The third kappa shape index (κ3) is 3.57. The second-order valence-electron chi connectivity index (χ2n) is 6.47. The summed E-state index contributed by atoms with van der Waals surface area (Å²) in [5.74, 6) is 0. The fraction of sp³-hybridized carbons (Fsp3) is 0.500. The van der Waals surface area contributed by atoms with E-state index in [9.17, 15) is 5.11 Å². The number of likely N-dealkylation sites (tertiary alicyclic amines) is 1. The molecule has 1 aliphatic rings. The second-order valence-corrected chi connectivity index (χ2v) is 6.47. The maximum absolute atomic E-state index is 10.5. The number of piperidine rings is 1. The third-order valence-corrected chi connectivity index (χ3v) is 4.55. The first-order chi connectivity index (χ1) is 10.6. The van der Waals surface area contributed by atoms with Crippen molar-refractivity contribution in [2.24, 2.45) is 7.05 Å². The molecule has 1 N–H and O–H groups in total. The van der Waals surface area contributed by atoms with Crippen molar-refractivity contribution in [3.63, 3.8) is 0 Å². The number of imidazole rings is 1. The van der Waals surface area contributed by atoms with Gasteiger partial charge in [0.2, 0.25) is 0 Å². The molecule has 4 nitrogen and oxygen atoms in total. The maximum atomic E-state index is 10.5. The van der Waals surface area contributed by atoms with Crippen molar-refractivity contribution in [1.29, 1.82) is 0 Å². The van der Waals surface area contributed by atoms with Gasteiger partial charge in [-0.3, -0.25) is 4.90 Å². The van der Waals surface area contributed by atoms with Crippen molar-refractivity contribution in [3.8, 4) is 0 Å². The number of hydrogen-bond acceptors (Lipinski definition) is 3. The van der Waals surface area contributed by atoms with Gasteiger partial charge in [-0.05, 0) is 38.3 Å². The molecule has 0 amide bonds. The number of aryl methyl sites for hydroxylation is 2. The van der Waals surface area contributed by atoms with Gasteiger partial charge in [0.25, 0.3) is 0 Å². The lowest BCUT2D eigenvalue weighted by Crippen LogP contribution is -2.48. The molecule has 1 aromatic heterocycles. The van der Waals surface area contributed by atoms with Gasteiger partial charge in [-0.1, -0.05) is 29.8 Å². The minimum absolute atomic E-state index is 0.179. The minimum Gasteiger partial charge on any atom is -0.391 e. The highest BCUT2D eigenvalue weighted by Gasteiger charge is 2.30. The molecule has 1 saturated heterocycles. The first-order valence-corrected chi connectivity index (χ1v) is 8.06. The highest BCUT2D eigenvalue weighted by molar-refractivity contribution is 5.22. The zero-order valence-corrected chi connectivity index (χ0v) is 13.4. The molecule has 3 rings (SSSR count). The van der Waals surface area contributed by atoms with Crippen LogP contribution in [0.4, 0.5) is 0 Å². The van der Waals surface area contributed by atoms with Gasteiger partial charge in [0.1, 0.15) is 0 Å². The molecule has 118 valence electrons. The van der Waals surface area contributed by atoms with Crippen LogP contribution in [0.2, 0.25) is 0 Å². The van der Waals surface area contributed by atoms with E-state index in [0.29, 0.717) is 0 Å². The van der Waals surface area contributed by atoms with Crippen molar-refractivity contribution in [3.05, 3.63) is 53.6 Å². The van der Waals surface area contributed by atoms with Gasteiger partial charge in [0, 0.05) is 25.8 Å². The molecule has 22 heavy (non-hydrogen) atoms. The summed E-state index contributed by atoms with van der Waals surface area (Å²) in [7, 11) is 1.99. The molecule has 2 heterocycles. The van der Waals surface area contributed by atoms with Crippen molar-refractivity contribution in [1.82, 2.24) is 14.5 Å². The van der Waals surface area contributed by atoms with Crippen molar-refractivity contribution in [2.45, 2.75) is 44.9 Å². The van der Waals surface area contributed by atoms with E-state index in [-0.39, 0.29) is 12.1 Å². The van der Waals surface area contributed by atoms with Gasteiger partial charge in [0.05, 0.1) is 18.1 Å². The lowest BCUT2D eigenvalue weighted by Gasteiger charge is -2.39. The summed E-state index contributed by atoms with van der Waals surface area (Å²) in [5, 5.41) is 10.5. The number of benzene rings is 1. The largest absolute Gasteiger partial charge is 0.391 e. The Hall–Kier alpha value is -1.65. The zero-order valence-electron chi connectivity index (χ0n) is 13.4. The van der Waals surface area contributed by atoms with E-state index in [1.54, 1.807) is 0 Å². The molecule has 0 bridgehead atoms. The van der Waals surface area contributed by atoms with Crippen LogP contribution in [0.5, 0.6) is 0 Å². The summed E-state index contributed by atoms with van der Waals surface area (Å²) >= 11 is 0. The molecular weight excluding hydrogens is 274 g/mol. The summed E-state index contributed by atoms with van der Waals surface area (Å²) in [5.41, 5.74) is 3.64. The number of rotatable bonds is 4. The van der Waals surface area contributed by atoms with E-state index in [1.807, 2.05) is 17.9 Å². The number of hydrogen-bond donors (Lipinski definition) is 1. The predicted octanol–water partition coefficient (Wildman–Crippen LogP) is 2.30. The summed E-state index contributed by atoms with van der Waals surface area (Å²) < 4.78 is 1.98. The summed E-state index contributed by atoms with van der Waals surface area (Å²) in [6.07, 6.45) is 6.50. The molecular formula is C18H25N3O. The van der Waals surface area contributed by atoms with Gasteiger partial charge in [-0.15, -0.1) is 0 Å². The van der Waals surface area contributed by atoms with E-state index in [1.165, 1.54) is 11.1 Å². The minimum atomic E-state index is -0.251. The highest BCUT2D eigenvalue weighted by Crippen LogP contribution is 2.23. The zero-order chi connectivity index (χ0) is 15.5. The first kappa shape index (κ1) is 15.3. The van der Waals surface area contributed by atoms with Gasteiger partial charge in [0.15, 0.2) is 0 Å². The Balaban J connectivity index is 1.73. The SMILES string of the molecule is Cc1ccc(C[C@H]2[C@@H](O)CCCN2Cc2cn(C)cn2)cc1. The van der Waals surface area contributed by atoms with Crippen molar-refractivity contribution in [2.75, 3.05) is 6.54 Å². The van der Waals surface area contributed by atoms with E-state index in [4.69, 9.17) is 0 Å². The second kappa shape index (κ2) is 6.63. The fourth-order valence-corrected chi connectivity index (χ4v) is 3.29. The van der Waals surface area contributed by atoms with E-state index in [2.05, 4.69) is 47.3 Å². The molecule has 1 aliphatic heterocycles. The topological polar surface area (TPSA) is 41.3 Å². The smallest absolute Gasteiger partial charge is 0.0947 e. The maximum Gasteiger partial charge on any atom is 0.0947 e. The van der Waals surface area contributed by atoms with E-state index >= 15 is 0 Å². The number of aliphatic hydroxyl groups excluding tert-OH is 1. The molecule has 2 aromatic rings. The van der Waals surface area contributed by atoms with E-state index < -0.39 is 0 Å². The Labute approximate surface area is 132 Å². The van der Waals surface area contributed by atoms with Crippen LogP contribution in [0, 0.1) is 6.92 Å². The molecule has 0 spiro atoms. The number of nitrogens with zero attached hydrogens (tertiary/aromatic N) is 3. The Kier molecular flexibility index (Phi) is 4.60. The summed E-state index contributed by atoms with van der Waals surface area (Å²) in [6, 6.07) is 8.82. The Bertz CT molecular complexity index is 605. The Morgan fingerprint density at radius 1 is 1.27 bits per heavy atom. The average molecular weight is 299 g/mol. The molecule has 4 heteroatoms. The first-order valence-electron chi connectivity index (χ1n) is 8.06. The molecule has 0 aliphatic carbocycles. The molecule has 1 aromatic carbocycles. The lowest BCUT2D eigenvalue weighted by atomic mass is 9.92. The van der Waals surface area contributed by atoms with Gasteiger partial charge >= 0.3 is 0 Å². The number of aromatic nitrogens is 2. The van der Waals surface area contributed by atoms with Crippen LogP contribution in [0.25, 0.3) is 0 Å². The molecule has 0 unspecified atom stereocenters. The van der Waals surface area contributed by atoms with Gasteiger partial charge in [-0.25, -0.2) is 4.98 Å². The van der Waals surface area contributed by atoms with Crippen LogP contribution < -0.4 is 0 Å². The molecule has 0 saturated carbocycles. The standard InChI is InChI=1S/C18H25N3O/c1-14-5-7-15(8-6-14)10-17-18(22)4-3-9-21(17)12-16-11-20(2)13-19-16/h5-8,11,13,17-18,22H,3-4,9-10,12H2,1-2H3/t17-,18-/m0/s1. The molecule has 2 atom stereocenters. The molecule has 0 radical (unpaired) electrons. The Morgan fingerprint density at radius 3 is 2.73 bits per heavy atom. The van der Waals surface area contributed by atoms with Crippen LogP contribution in [-0.2, 0) is 20.0 Å². The Morgan fingerprint density at radius 2 is 2.05 bits per heavy atom. The number of aliphatic hydroxyl groups is 1. The van der Waals surface area contributed by atoms with Crippen molar-refractivity contribution >= 4 is 0 Å². The van der Waals surface area contributed by atoms with Crippen LogP contribution in [0.15, 0.2) is 36.8 Å². The quantitative estimate of drug-likeness (QED) is 0.942. The van der Waals surface area contributed by atoms with Crippen LogP contribution in [0.3, 0.4) is 0 Å².